The highest BCUT2D eigenvalue weighted by molar-refractivity contribution is 5.29. The van der Waals surface area contributed by atoms with Crippen LogP contribution in [0, 0.1) is 13.8 Å². The molecule has 0 saturated carbocycles. The second-order valence-corrected chi connectivity index (χ2v) is 4.65. The molecule has 1 heterocycles. The van der Waals surface area contributed by atoms with Crippen LogP contribution in [0.5, 0.6) is 0 Å². The van der Waals surface area contributed by atoms with Crippen LogP contribution in [0.1, 0.15) is 28.3 Å². The molecule has 0 aliphatic carbocycles. The number of alkyl halides is 3. The summed E-state index contributed by atoms with van der Waals surface area (Å²) in [5.74, 6) is 0.726. The van der Waals surface area contributed by atoms with Crippen molar-refractivity contribution in [1.82, 2.24) is 15.3 Å². The lowest BCUT2D eigenvalue weighted by Gasteiger charge is -2.12. The first-order chi connectivity index (χ1) is 9.38. The lowest BCUT2D eigenvalue weighted by molar-refractivity contribution is -0.138. The van der Waals surface area contributed by atoms with Gasteiger partial charge in [0, 0.05) is 12.2 Å². The van der Waals surface area contributed by atoms with Gasteiger partial charge in [0.2, 0.25) is 0 Å². The molecular formula is C14H16F3N3. The van der Waals surface area contributed by atoms with Gasteiger partial charge in [-0.25, -0.2) is 4.98 Å². The maximum absolute atomic E-state index is 12.8. The number of imidazole rings is 1. The topological polar surface area (TPSA) is 40.7 Å². The van der Waals surface area contributed by atoms with Crippen LogP contribution in [-0.2, 0) is 19.3 Å². The van der Waals surface area contributed by atoms with E-state index in [0.717, 1.165) is 23.3 Å². The van der Waals surface area contributed by atoms with Gasteiger partial charge in [0.05, 0.1) is 17.8 Å². The molecule has 2 rings (SSSR count). The molecule has 0 aliphatic heterocycles. The average Bonchev–Trinajstić information content (AvgIpc) is 2.68. The molecule has 0 radical (unpaired) electrons. The molecule has 108 valence electrons. The van der Waals surface area contributed by atoms with Crippen molar-refractivity contribution < 1.29 is 13.2 Å². The Morgan fingerprint density at radius 1 is 1.15 bits per heavy atom. The second-order valence-electron chi connectivity index (χ2n) is 4.65. The van der Waals surface area contributed by atoms with E-state index in [2.05, 4.69) is 15.3 Å². The summed E-state index contributed by atoms with van der Waals surface area (Å²) in [6, 6.07) is 5.58. The van der Waals surface area contributed by atoms with Gasteiger partial charge in [-0.2, -0.15) is 13.2 Å². The van der Waals surface area contributed by atoms with Gasteiger partial charge in [-0.15, -0.1) is 0 Å². The standard InChI is InChI=1S/C14H16F3N3/c1-9-10(2)20-13(19-9)8-18-7-11-5-3-4-6-12(11)14(15,16)17/h3-6,18H,7-8H2,1-2H3,(H,19,20). The number of aromatic amines is 1. The molecule has 0 bridgehead atoms. The summed E-state index contributed by atoms with van der Waals surface area (Å²) >= 11 is 0. The molecule has 2 aromatic rings. The normalized spacial score (nSPS) is 11.8. The Balaban J connectivity index is 2.01. The monoisotopic (exact) mass is 283 g/mol. The zero-order valence-electron chi connectivity index (χ0n) is 11.3. The van der Waals surface area contributed by atoms with Crippen LogP contribution in [0.4, 0.5) is 13.2 Å². The smallest absolute Gasteiger partial charge is 0.345 e. The van der Waals surface area contributed by atoms with Crippen LogP contribution in [0.2, 0.25) is 0 Å². The highest BCUT2D eigenvalue weighted by Crippen LogP contribution is 2.31. The Hall–Kier alpha value is -1.82. The number of hydrogen-bond donors (Lipinski definition) is 2. The quantitative estimate of drug-likeness (QED) is 0.903. The molecule has 6 heteroatoms. The molecule has 0 unspecified atom stereocenters. The molecule has 0 amide bonds. The fourth-order valence-corrected chi connectivity index (χ4v) is 1.97. The average molecular weight is 283 g/mol. The minimum atomic E-state index is -4.32. The zero-order valence-corrected chi connectivity index (χ0v) is 11.3. The minimum Gasteiger partial charge on any atom is -0.345 e. The lowest BCUT2D eigenvalue weighted by atomic mass is 10.1. The van der Waals surface area contributed by atoms with Crippen molar-refractivity contribution in [3.8, 4) is 0 Å². The Morgan fingerprint density at radius 2 is 1.85 bits per heavy atom. The van der Waals surface area contributed by atoms with E-state index in [9.17, 15) is 13.2 Å². The number of hydrogen-bond acceptors (Lipinski definition) is 2. The third-order valence-corrected chi connectivity index (χ3v) is 3.11. The van der Waals surface area contributed by atoms with Crippen molar-refractivity contribution in [1.29, 1.82) is 0 Å². The van der Waals surface area contributed by atoms with Gasteiger partial charge in [0.1, 0.15) is 5.82 Å². The van der Waals surface area contributed by atoms with Crippen LogP contribution < -0.4 is 5.32 Å². The number of benzene rings is 1. The summed E-state index contributed by atoms with van der Waals surface area (Å²) in [4.78, 5) is 7.35. The van der Waals surface area contributed by atoms with E-state index in [-0.39, 0.29) is 12.1 Å². The molecule has 0 spiro atoms. The van der Waals surface area contributed by atoms with Crippen LogP contribution in [0.25, 0.3) is 0 Å². The maximum Gasteiger partial charge on any atom is 0.416 e. The third kappa shape index (κ3) is 3.39. The number of aryl methyl sites for hydroxylation is 2. The van der Waals surface area contributed by atoms with Crippen LogP contribution in [-0.4, -0.2) is 9.97 Å². The third-order valence-electron chi connectivity index (χ3n) is 3.11. The number of H-pyrrole nitrogens is 1. The first-order valence-corrected chi connectivity index (χ1v) is 6.26. The van der Waals surface area contributed by atoms with Crippen LogP contribution in [0.3, 0.4) is 0 Å². The van der Waals surface area contributed by atoms with E-state index in [1.807, 2.05) is 13.8 Å². The number of aromatic nitrogens is 2. The highest BCUT2D eigenvalue weighted by atomic mass is 19.4. The predicted molar refractivity (Wildman–Crippen MR) is 70.0 cm³/mol. The van der Waals surface area contributed by atoms with Crippen molar-refractivity contribution >= 4 is 0 Å². The van der Waals surface area contributed by atoms with Crippen molar-refractivity contribution in [2.24, 2.45) is 0 Å². The summed E-state index contributed by atoms with van der Waals surface area (Å²) in [6.45, 7) is 4.34. The van der Waals surface area contributed by atoms with Gasteiger partial charge in [-0.05, 0) is 25.5 Å². The molecule has 0 fully saturated rings. The molecular weight excluding hydrogens is 267 g/mol. The fourth-order valence-electron chi connectivity index (χ4n) is 1.97. The zero-order chi connectivity index (χ0) is 14.8. The minimum absolute atomic E-state index is 0.147. The Kier molecular flexibility index (Phi) is 4.13. The molecule has 1 aromatic carbocycles. The van der Waals surface area contributed by atoms with Crippen molar-refractivity contribution in [3.05, 3.63) is 52.6 Å². The first kappa shape index (κ1) is 14.6. The van der Waals surface area contributed by atoms with E-state index in [0.29, 0.717) is 6.54 Å². The number of nitrogens with one attached hydrogen (secondary N) is 2. The van der Waals surface area contributed by atoms with Crippen LogP contribution >= 0.6 is 0 Å². The van der Waals surface area contributed by atoms with Crippen molar-refractivity contribution in [3.63, 3.8) is 0 Å². The van der Waals surface area contributed by atoms with E-state index >= 15 is 0 Å². The number of nitrogens with zero attached hydrogens (tertiary/aromatic N) is 1. The Labute approximate surface area is 115 Å². The van der Waals surface area contributed by atoms with Crippen molar-refractivity contribution in [2.45, 2.75) is 33.1 Å². The molecule has 20 heavy (non-hydrogen) atoms. The van der Waals surface area contributed by atoms with Crippen molar-refractivity contribution in [2.75, 3.05) is 0 Å². The largest absolute Gasteiger partial charge is 0.416 e. The van der Waals surface area contributed by atoms with E-state index in [1.54, 1.807) is 6.07 Å². The Bertz CT molecular complexity index is 568. The molecule has 1 aromatic heterocycles. The molecule has 3 nitrogen and oxygen atoms in total. The summed E-state index contributed by atoms with van der Waals surface area (Å²) in [6.07, 6.45) is -4.32. The van der Waals surface area contributed by atoms with Crippen LogP contribution in [0.15, 0.2) is 24.3 Å². The predicted octanol–water partition coefficient (Wildman–Crippen LogP) is 3.34. The summed E-state index contributed by atoms with van der Waals surface area (Å²) in [7, 11) is 0. The molecule has 0 aliphatic rings. The van der Waals surface area contributed by atoms with Gasteiger partial charge in [-0.3, -0.25) is 0 Å². The summed E-state index contributed by atoms with van der Waals surface area (Å²) in [5.41, 5.74) is 1.51. The van der Waals surface area contributed by atoms with Gasteiger partial charge in [0.25, 0.3) is 0 Å². The van der Waals surface area contributed by atoms with Gasteiger partial charge in [0.15, 0.2) is 0 Å². The van der Waals surface area contributed by atoms with Gasteiger partial charge in [-0.1, -0.05) is 18.2 Å². The van der Waals surface area contributed by atoms with E-state index in [1.165, 1.54) is 12.1 Å². The van der Waals surface area contributed by atoms with E-state index < -0.39 is 11.7 Å². The summed E-state index contributed by atoms with van der Waals surface area (Å²) < 4.78 is 38.4. The molecule has 0 atom stereocenters. The number of halogens is 3. The SMILES string of the molecule is Cc1nc(CNCc2ccccc2C(F)(F)F)[nH]c1C. The summed E-state index contributed by atoms with van der Waals surface area (Å²) in [5, 5.41) is 2.98. The molecule has 0 saturated heterocycles. The number of rotatable bonds is 4. The maximum atomic E-state index is 12.8. The first-order valence-electron chi connectivity index (χ1n) is 6.26. The Morgan fingerprint density at radius 3 is 2.45 bits per heavy atom. The van der Waals surface area contributed by atoms with E-state index in [4.69, 9.17) is 0 Å². The van der Waals surface area contributed by atoms with Gasteiger partial charge < -0.3 is 10.3 Å². The van der Waals surface area contributed by atoms with Gasteiger partial charge >= 0.3 is 6.18 Å². The molecule has 2 N–H and O–H groups in total. The lowest BCUT2D eigenvalue weighted by Crippen LogP contribution is -2.17. The second kappa shape index (κ2) is 5.66. The fraction of sp³-hybridized carbons (Fsp3) is 0.357. The highest BCUT2D eigenvalue weighted by Gasteiger charge is 2.32.